The molecule has 9 heteroatoms. The first-order valence-electron chi connectivity index (χ1n) is 9.53. The molecular weight excluding hydrogens is 412 g/mol. The van der Waals surface area contributed by atoms with Crippen LogP contribution in [0.25, 0.3) is 0 Å². The molecule has 0 saturated carbocycles. The second-order valence-electron chi connectivity index (χ2n) is 7.20. The van der Waals surface area contributed by atoms with Gasteiger partial charge in [0.2, 0.25) is 17.7 Å². The van der Waals surface area contributed by atoms with E-state index in [0.29, 0.717) is 31.6 Å². The maximum absolute atomic E-state index is 13.3. The molecule has 0 aromatic heterocycles. The van der Waals surface area contributed by atoms with E-state index in [0.717, 1.165) is 17.0 Å². The van der Waals surface area contributed by atoms with Gasteiger partial charge in [0.15, 0.2) is 16.9 Å². The van der Waals surface area contributed by atoms with Crippen LogP contribution in [-0.2, 0) is 14.4 Å². The van der Waals surface area contributed by atoms with Crippen LogP contribution >= 0.6 is 11.8 Å². The fourth-order valence-electron chi connectivity index (χ4n) is 3.56. The highest BCUT2D eigenvalue weighted by atomic mass is 32.2. The van der Waals surface area contributed by atoms with Crippen LogP contribution in [-0.4, -0.2) is 41.0 Å². The SMILES string of the molecule is O=C(Nc1ccc(F)c(F)c1)C1CCN(C(=O)[C@@H]2Sc3ccccc3NC2=O)CC1. The number of hydrogen-bond acceptors (Lipinski definition) is 4. The van der Waals surface area contributed by atoms with Gasteiger partial charge >= 0.3 is 0 Å². The topological polar surface area (TPSA) is 78.5 Å². The Morgan fingerprint density at radius 1 is 1.07 bits per heavy atom. The molecule has 0 unspecified atom stereocenters. The first kappa shape index (κ1) is 20.3. The van der Waals surface area contributed by atoms with Crippen LogP contribution in [0.1, 0.15) is 12.8 Å². The van der Waals surface area contributed by atoms with E-state index < -0.39 is 16.9 Å². The van der Waals surface area contributed by atoms with Crippen molar-refractivity contribution in [2.75, 3.05) is 23.7 Å². The van der Waals surface area contributed by atoms with Crippen molar-refractivity contribution >= 4 is 40.9 Å². The number of benzene rings is 2. The summed E-state index contributed by atoms with van der Waals surface area (Å²) < 4.78 is 26.3. The number of halogens is 2. The summed E-state index contributed by atoms with van der Waals surface area (Å²) >= 11 is 1.23. The van der Waals surface area contributed by atoms with Crippen molar-refractivity contribution in [3.63, 3.8) is 0 Å². The zero-order valence-corrected chi connectivity index (χ0v) is 16.7. The monoisotopic (exact) mass is 431 g/mol. The van der Waals surface area contributed by atoms with Crippen molar-refractivity contribution in [3.8, 4) is 0 Å². The molecule has 0 spiro atoms. The summed E-state index contributed by atoms with van der Waals surface area (Å²) in [6.45, 7) is 0.696. The second-order valence-corrected chi connectivity index (χ2v) is 8.35. The summed E-state index contributed by atoms with van der Waals surface area (Å²) in [5.74, 6) is -3.28. The van der Waals surface area contributed by atoms with E-state index in [2.05, 4.69) is 10.6 Å². The lowest BCUT2D eigenvalue weighted by Gasteiger charge is -2.34. The molecule has 2 heterocycles. The zero-order valence-electron chi connectivity index (χ0n) is 15.9. The Bertz CT molecular complexity index is 1010. The van der Waals surface area contributed by atoms with Gasteiger partial charge in [0.25, 0.3) is 0 Å². The highest BCUT2D eigenvalue weighted by Crippen LogP contribution is 2.36. The summed E-state index contributed by atoms with van der Waals surface area (Å²) in [5.41, 5.74) is 0.885. The summed E-state index contributed by atoms with van der Waals surface area (Å²) in [6.07, 6.45) is 0.855. The molecular formula is C21H19F2N3O3S. The largest absolute Gasteiger partial charge is 0.341 e. The minimum Gasteiger partial charge on any atom is -0.341 e. The van der Waals surface area contributed by atoms with Crippen LogP contribution in [0.15, 0.2) is 47.4 Å². The van der Waals surface area contributed by atoms with Crippen LogP contribution in [0.4, 0.5) is 20.2 Å². The third kappa shape index (κ3) is 4.16. The molecule has 30 heavy (non-hydrogen) atoms. The van der Waals surface area contributed by atoms with E-state index in [1.165, 1.54) is 17.8 Å². The van der Waals surface area contributed by atoms with Gasteiger partial charge < -0.3 is 15.5 Å². The number of nitrogens with zero attached hydrogens (tertiary/aromatic N) is 1. The molecule has 2 aromatic rings. The van der Waals surface area contributed by atoms with E-state index >= 15 is 0 Å². The van der Waals surface area contributed by atoms with Crippen molar-refractivity contribution in [3.05, 3.63) is 54.1 Å². The molecule has 0 bridgehead atoms. The standard InChI is InChI=1S/C21H19F2N3O3S/c22-14-6-5-13(11-15(14)23)24-19(27)12-7-9-26(10-8-12)21(29)18-20(28)25-16-3-1-2-4-17(16)30-18/h1-6,11-12,18H,7-10H2,(H,24,27)(H,25,28)/t18-/m1/s1. The van der Waals surface area contributed by atoms with Crippen LogP contribution in [0.3, 0.4) is 0 Å². The Morgan fingerprint density at radius 3 is 2.53 bits per heavy atom. The van der Waals surface area contributed by atoms with Crippen molar-refractivity contribution in [2.24, 2.45) is 5.92 Å². The second kappa shape index (κ2) is 8.43. The Hall–Kier alpha value is -2.94. The average Bonchev–Trinajstić information content (AvgIpc) is 2.75. The van der Waals surface area contributed by atoms with Gasteiger partial charge in [0, 0.05) is 35.7 Å². The third-order valence-electron chi connectivity index (χ3n) is 5.22. The van der Waals surface area contributed by atoms with E-state index in [-0.39, 0.29) is 29.3 Å². The van der Waals surface area contributed by atoms with Gasteiger partial charge in [0.05, 0.1) is 5.69 Å². The number of rotatable bonds is 3. The summed E-state index contributed by atoms with van der Waals surface area (Å²) in [5, 5.41) is 4.50. The molecule has 1 fully saturated rings. The Morgan fingerprint density at radius 2 is 1.80 bits per heavy atom. The van der Waals surface area contributed by atoms with E-state index in [1.807, 2.05) is 18.2 Å². The number of amides is 3. The average molecular weight is 431 g/mol. The normalized spacial score (nSPS) is 19.1. The maximum atomic E-state index is 13.3. The number of carbonyl (C=O) groups is 3. The number of nitrogens with one attached hydrogen (secondary N) is 2. The number of piperidine rings is 1. The number of para-hydroxylation sites is 1. The number of fused-ring (bicyclic) bond motifs is 1. The minimum atomic E-state index is -1.03. The first-order chi connectivity index (χ1) is 14.4. The minimum absolute atomic E-state index is 0.186. The molecule has 6 nitrogen and oxygen atoms in total. The van der Waals surface area contributed by atoms with Gasteiger partial charge in [-0.25, -0.2) is 8.78 Å². The molecule has 2 aromatic carbocycles. The molecule has 2 aliphatic rings. The number of likely N-dealkylation sites (tertiary alicyclic amines) is 1. The van der Waals surface area contributed by atoms with E-state index in [9.17, 15) is 23.2 Å². The predicted octanol–water partition coefficient (Wildman–Crippen LogP) is 3.25. The Kier molecular flexibility index (Phi) is 5.72. The molecule has 156 valence electrons. The van der Waals surface area contributed by atoms with Crippen LogP contribution < -0.4 is 10.6 Å². The number of carbonyl (C=O) groups excluding carboxylic acids is 3. The van der Waals surface area contributed by atoms with Gasteiger partial charge in [-0.3, -0.25) is 14.4 Å². The lowest BCUT2D eigenvalue weighted by atomic mass is 9.95. The predicted molar refractivity (Wildman–Crippen MR) is 109 cm³/mol. The fraction of sp³-hybridized carbons (Fsp3) is 0.286. The first-order valence-corrected chi connectivity index (χ1v) is 10.4. The molecule has 1 saturated heterocycles. The number of thioether (sulfide) groups is 1. The van der Waals surface area contributed by atoms with Crippen LogP contribution in [0.5, 0.6) is 0 Å². The molecule has 1 atom stereocenters. The summed E-state index contributed by atoms with van der Waals surface area (Å²) in [4.78, 5) is 40.1. The van der Waals surface area contributed by atoms with Crippen molar-refractivity contribution in [1.82, 2.24) is 4.90 Å². The van der Waals surface area contributed by atoms with Crippen LogP contribution in [0, 0.1) is 17.6 Å². The van der Waals surface area contributed by atoms with E-state index in [4.69, 9.17) is 0 Å². The quantitative estimate of drug-likeness (QED) is 0.732. The third-order valence-corrected chi connectivity index (χ3v) is 6.48. The van der Waals surface area contributed by atoms with Crippen molar-refractivity contribution in [2.45, 2.75) is 23.0 Å². The molecule has 3 amide bonds. The Labute approximate surface area is 176 Å². The molecule has 4 rings (SSSR count). The van der Waals surface area contributed by atoms with E-state index in [1.54, 1.807) is 11.0 Å². The van der Waals surface area contributed by atoms with Gasteiger partial charge in [0.1, 0.15) is 0 Å². The van der Waals surface area contributed by atoms with Crippen molar-refractivity contribution in [1.29, 1.82) is 0 Å². The zero-order chi connectivity index (χ0) is 21.3. The smallest absolute Gasteiger partial charge is 0.247 e. The lowest BCUT2D eigenvalue weighted by molar-refractivity contribution is -0.136. The summed E-state index contributed by atoms with van der Waals surface area (Å²) in [6, 6.07) is 10.5. The van der Waals surface area contributed by atoms with Gasteiger partial charge in [-0.1, -0.05) is 12.1 Å². The molecule has 2 N–H and O–H groups in total. The van der Waals surface area contributed by atoms with Gasteiger partial charge in [-0.15, -0.1) is 11.8 Å². The van der Waals surface area contributed by atoms with Gasteiger partial charge in [-0.2, -0.15) is 0 Å². The molecule has 0 aliphatic carbocycles. The van der Waals surface area contributed by atoms with Gasteiger partial charge in [-0.05, 0) is 37.1 Å². The van der Waals surface area contributed by atoms with Crippen molar-refractivity contribution < 1.29 is 23.2 Å². The molecule has 0 radical (unpaired) electrons. The molecule has 2 aliphatic heterocycles. The van der Waals surface area contributed by atoms with Crippen LogP contribution in [0.2, 0.25) is 0 Å². The number of anilines is 2. The Balaban J connectivity index is 1.34. The highest BCUT2D eigenvalue weighted by molar-refractivity contribution is 8.01. The number of hydrogen-bond donors (Lipinski definition) is 2. The highest BCUT2D eigenvalue weighted by Gasteiger charge is 2.37. The maximum Gasteiger partial charge on any atom is 0.247 e. The summed E-state index contributed by atoms with van der Waals surface area (Å²) in [7, 11) is 0. The fourth-order valence-corrected chi connectivity index (χ4v) is 4.63. The lowest BCUT2D eigenvalue weighted by Crippen LogP contribution is -2.48.